The highest BCUT2D eigenvalue weighted by Crippen LogP contribution is 2.29. The number of rotatable bonds is 1. The molecule has 1 aromatic heterocycles. The van der Waals surface area contributed by atoms with Crippen molar-refractivity contribution in [3.05, 3.63) is 28.2 Å². The summed E-state index contributed by atoms with van der Waals surface area (Å²) in [6.45, 7) is 0.863. The minimum absolute atomic E-state index is 0.105. The van der Waals surface area contributed by atoms with Crippen LogP contribution in [0.3, 0.4) is 0 Å². The molecule has 1 aromatic rings. The smallest absolute Gasteiger partial charge is 0.156 e. The van der Waals surface area contributed by atoms with Crippen LogP contribution in [0.15, 0.2) is 16.9 Å². The molecule has 5 heteroatoms. The van der Waals surface area contributed by atoms with Gasteiger partial charge in [0.2, 0.25) is 0 Å². The zero-order chi connectivity index (χ0) is 10.8. The maximum absolute atomic E-state index is 13.3. The lowest BCUT2D eigenvalue weighted by Crippen LogP contribution is -2.38. The topological polar surface area (TPSA) is 42.1 Å². The molecule has 1 aliphatic rings. The lowest BCUT2D eigenvalue weighted by atomic mass is 9.98. The lowest BCUT2D eigenvalue weighted by Gasteiger charge is -2.31. The average Bonchev–Trinajstić information content (AvgIpc) is 2.23. The van der Waals surface area contributed by atoms with Crippen LogP contribution in [0, 0.1) is 5.82 Å². The molecule has 0 radical (unpaired) electrons. The van der Waals surface area contributed by atoms with Crippen LogP contribution in [0.2, 0.25) is 0 Å². The summed E-state index contributed by atoms with van der Waals surface area (Å²) in [4.78, 5) is 3.95. The van der Waals surface area contributed by atoms with Gasteiger partial charge in [-0.15, -0.1) is 0 Å². The van der Waals surface area contributed by atoms with Crippen molar-refractivity contribution in [1.82, 2.24) is 9.99 Å². The Labute approximate surface area is 96.6 Å². The first-order valence-corrected chi connectivity index (χ1v) is 5.80. The van der Waals surface area contributed by atoms with E-state index in [0.29, 0.717) is 0 Å². The molecule has 0 unspecified atom stereocenters. The molecule has 0 aromatic carbocycles. The number of piperidine rings is 1. The van der Waals surface area contributed by atoms with E-state index >= 15 is 0 Å². The summed E-state index contributed by atoms with van der Waals surface area (Å²) in [5, 5.41) is 1.77. The van der Waals surface area contributed by atoms with E-state index in [9.17, 15) is 4.39 Å². The summed E-state index contributed by atoms with van der Waals surface area (Å²) >= 11 is 3.04. The minimum Gasteiger partial charge on any atom is -0.268 e. The van der Waals surface area contributed by atoms with E-state index in [2.05, 4.69) is 20.9 Å². The Kier molecular flexibility index (Phi) is 3.33. The van der Waals surface area contributed by atoms with Gasteiger partial charge in [-0.05, 0) is 40.4 Å². The first kappa shape index (κ1) is 11.0. The third-order valence-corrected chi connectivity index (χ3v) is 3.33. The maximum atomic E-state index is 13.3. The highest BCUT2D eigenvalue weighted by Gasteiger charge is 2.22. The zero-order valence-corrected chi connectivity index (χ0v) is 9.87. The molecular weight excluding hydrogens is 261 g/mol. The summed E-state index contributed by atoms with van der Waals surface area (Å²) in [6, 6.07) is 1.61. The van der Waals surface area contributed by atoms with Crippen LogP contribution in [-0.2, 0) is 0 Å². The van der Waals surface area contributed by atoms with Gasteiger partial charge < -0.3 is 0 Å². The third-order valence-electron chi connectivity index (χ3n) is 2.75. The highest BCUT2D eigenvalue weighted by molar-refractivity contribution is 9.10. The van der Waals surface area contributed by atoms with Gasteiger partial charge >= 0.3 is 0 Å². The number of aromatic nitrogens is 1. The molecule has 1 aliphatic heterocycles. The van der Waals surface area contributed by atoms with Crippen molar-refractivity contribution in [3.63, 3.8) is 0 Å². The third kappa shape index (κ3) is 2.35. The normalized spacial score (nSPS) is 23.0. The minimum atomic E-state index is -0.327. The van der Waals surface area contributed by atoms with Gasteiger partial charge in [-0.25, -0.2) is 14.4 Å². The van der Waals surface area contributed by atoms with E-state index < -0.39 is 0 Å². The Morgan fingerprint density at radius 2 is 2.33 bits per heavy atom. The van der Waals surface area contributed by atoms with Gasteiger partial charge in [-0.3, -0.25) is 5.84 Å². The Hall–Kier alpha value is -0.520. The van der Waals surface area contributed by atoms with E-state index in [1.54, 1.807) is 11.2 Å². The Morgan fingerprint density at radius 3 is 3.00 bits per heavy atom. The van der Waals surface area contributed by atoms with Crippen LogP contribution in [0.25, 0.3) is 0 Å². The Bertz CT molecular complexity index is 359. The van der Waals surface area contributed by atoms with Gasteiger partial charge in [0.05, 0.1) is 6.04 Å². The predicted molar refractivity (Wildman–Crippen MR) is 59.4 cm³/mol. The SMILES string of the molecule is NN1CCCC[C@H]1c1cnc(Br)c(F)c1. The number of hydrogen-bond acceptors (Lipinski definition) is 3. The fourth-order valence-electron chi connectivity index (χ4n) is 1.93. The van der Waals surface area contributed by atoms with Crippen molar-refractivity contribution in [2.24, 2.45) is 5.84 Å². The molecule has 2 rings (SSSR count). The molecule has 15 heavy (non-hydrogen) atoms. The summed E-state index contributed by atoms with van der Waals surface area (Å²) in [5.74, 6) is 5.54. The van der Waals surface area contributed by atoms with Crippen LogP contribution in [-0.4, -0.2) is 16.5 Å². The van der Waals surface area contributed by atoms with E-state index in [4.69, 9.17) is 5.84 Å². The molecule has 1 fully saturated rings. The molecule has 1 saturated heterocycles. The maximum Gasteiger partial charge on any atom is 0.156 e. The van der Waals surface area contributed by atoms with E-state index in [1.807, 2.05) is 0 Å². The molecule has 0 saturated carbocycles. The van der Waals surface area contributed by atoms with E-state index in [0.717, 1.165) is 31.4 Å². The van der Waals surface area contributed by atoms with Crippen LogP contribution in [0.5, 0.6) is 0 Å². The van der Waals surface area contributed by atoms with Crippen molar-refractivity contribution in [1.29, 1.82) is 0 Å². The molecule has 0 bridgehead atoms. The summed E-state index contributed by atoms with van der Waals surface area (Å²) < 4.78 is 13.5. The molecule has 0 amide bonds. The second-order valence-electron chi connectivity index (χ2n) is 3.79. The van der Waals surface area contributed by atoms with Crippen LogP contribution in [0.1, 0.15) is 30.9 Å². The number of nitrogens with zero attached hydrogens (tertiary/aromatic N) is 2. The average molecular weight is 274 g/mol. The molecular formula is C10H13BrFN3. The van der Waals surface area contributed by atoms with Gasteiger partial charge in [-0.2, -0.15) is 0 Å². The molecule has 0 spiro atoms. The number of hydrazine groups is 1. The van der Waals surface area contributed by atoms with Gasteiger partial charge in [0, 0.05) is 12.7 Å². The number of nitrogens with two attached hydrogens (primary N) is 1. The van der Waals surface area contributed by atoms with Gasteiger partial charge in [0.15, 0.2) is 5.82 Å². The van der Waals surface area contributed by atoms with Crippen molar-refractivity contribution < 1.29 is 4.39 Å². The largest absolute Gasteiger partial charge is 0.268 e. The van der Waals surface area contributed by atoms with Crippen molar-refractivity contribution in [2.75, 3.05) is 6.54 Å². The number of halogens is 2. The van der Waals surface area contributed by atoms with Crippen molar-refractivity contribution >= 4 is 15.9 Å². The molecule has 3 nitrogen and oxygen atoms in total. The fraction of sp³-hybridized carbons (Fsp3) is 0.500. The van der Waals surface area contributed by atoms with Crippen molar-refractivity contribution in [2.45, 2.75) is 25.3 Å². The second-order valence-corrected chi connectivity index (χ2v) is 4.54. The second kappa shape index (κ2) is 4.55. The molecule has 2 N–H and O–H groups in total. The molecule has 0 aliphatic carbocycles. The van der Waals surface area contributed by atoms with Gasteiger partial charge in [-0.1, -0.05) is 6.42 Å². The zero-order valence-electron chi connectivity index (χ0n) is 8.29. The first-order chi connectivity index (χ1) is 7.18. The number of hydrogen-bond donors (Lipinski definition) is 1. The van der Waals surface area contributed by atoms with E-state index in [1.165, 1.54) is 6.07 Å². The standard InChI is InChI=1S/C10H13BrFN3/c11-10-8(12)5-7(6-14-10)9-3-1-2-4-15(9)13/h5-6,9H,1-4,13H2/t9-/m0/s1. The Morgan fingerprint density at radius 1 is 1.53 bits per heavy atom. The summed E-state index contributed by atoms with van der Waals surface area (Å²) in [7, 11) is 0. The number of pyridine rings is 1. The van der Waals surface area contributed by atoms with Crippen molar-refractivity contribution in [3.8, 4) is 0 Å². The quantitative estimate of drug-likeness (QED) is 0.631. The van der Waals surface area contributed by atoms with Crippen LogP contribution in [0.4, 0.5) is 4.39 Å². The molecule has 2 heterocycles. The first-order valence-electron chi connectivity index (χ1n) is 5.01. The monoisotopic (exact) mass is 273 g/mol. The predicted octanol–water partition coefficient (Wildman–Crippen LogP) is 2.38. The van der Waals surface area contributed by atoms with Gasteiger partial charge in [0.1, 0.15) is 4.60 Å². The lowest BCUT2D eigenvalue weighted by molar-refractivity contribution is 0.151. The summed E-state index contributed by atoms with van der Waals surface area (Å²) in [6.07, 6.45) is 4.90. The van der Waals surface area contributed by atoms with Crippen LogP contribution >= 0.6 is 15.9 Å². The Balaban J connectivity index is 2.24. The van der Waals surface area contributed by atoms with Gasteiger partial charge in [0.25, 0.3) is 0 Å². The summed E-state index contributed by atoms with van der Waals surface area (Å²) in [5.41, 5.74) is 0.859. The fourth-order valence-corrected chi connectivity index (χ4v) is 2.15. The molecule has 82 valence electrons. The van der Waals surface area contributed by atoms with Crippen LogP contribution < -0.4 is 5.84 Å². The molecule has 1 atom stereocenters. The highest BCUT2D eigenvalue weighted by atomic mass is 79.9. The van der Waals surface area contributed by atoms with E-state index in [-0.39, 0.29) is 16.5 Å².